The highest BCUT2D eigenvalue weighted by Gasteiger charge is 2.36. The number of aliphatic hydroxyl groups excluding tert-OH is 1. The summed E-state index contributed by atoms with van der Waals surface area (Å²) in [6.07, 6.45) is 2.68. The first-order valence-electron chi connectivity index (χ1n) is 10.3. The Labute approximate surface area is 204 Å². The highest BCUT2D eigenvalue weighted by Crippen LogP contribution is 2.28. The van der Waals surface area contributed by atoms with Crippen LogP contribution in [0.25, 0.3) is 5.69 Å². The van der Waals surface area contributed by atoms with Gasteiger partial charge in [0.25, 0.3) is 17.4 Å². The third kappa shape index (κ3) is 5.30. The summed E-state index contributed by atoms with van der Waals surface area (Å²) in [4.78, 5) is 38.1. The van der Waals surface area contributed by atoms with Crippen LogP contribution in [0.15, 0.2) is 59.5 Å². The zero-order valence-electron chi connectivity index (χ0n) is 17.3. The summed E-state index contributed by atoms with van der Waals surface area (Å²) in [5.74, 6) is -0.662. The summed E-state index contributed by atoms with van der Waals surface area (Å²) in [7, 11) is 0. The molecule has 172 valence electrons. The van der Waals surface area contributed by atoms with E-state index in [2.05, 4.69) is 10.6 Å². The first-order chi connectivity index (χ1) is 15.9. The molecule has 3 atom stereocenters. The zero-order chi connectivity index (χ0) is 23.5. The lowest BCUT2D eigenvalue weighted by Crippen LogP contribution is -2.48. The van der Waals surface area contributed by atoms with Crippen LogP contribution >= 0.6 is 34.5 Å². The minimum Gasteiger partial charge on any atom is -0.396 e. The molecule has 2 heterocycles. The van der Waals surface area contributed by atoms with Gasteiger partial charge in [0.05, 0.1) is 19.9 Å². The molecule has 0 spiro atoms. The van der Waals surface area contributed by atoms with Crippen molar-refractivity contribution in [2.75, 3.05) is 6.61 Å². The van der Waals surface area contributed by atoms with Gasteiger partial charge in [-0.3, -0.25) is 19.0 Å². The molecule has 0 bridgehead atoms. The summed E-state index contributed by atoms with van der Waals surface area (Å²) in [6, 6.07) is 12.1. The van der Waals surface area contributed by atoms with E-state index in [4.69, 9.17) is 23.2 Å². The average Bonchev–Trinajstić information content (AvgIpc) is 3.40. The molecule has 1 fully saturated rings. The number of thiophene rings is 1. The van der Waals surface area contributed by atoms with Gasteiger partial charge < -0.3 is 15.7 Å². The van der Waals surface area contributed by atoms with Crippen molar-refractivity contribution in [3.05, 3.63) is 84.9 Å². The summed E-state index contributed by atoms with van der Waals surface area (Å²) < 4.78 is 1.91. The smallest absolute Gasteiger partial charge is 0.261 e. The fourth-order valence-electron chi connectivity index (χ4n) is 4.01. The van der Waals surface area contributed by atoms with E-state index in [9.17, 15) is 19.5 Å². The number of hydrogen-bond acceptors (Lipinski definition) is 5. The van der Waals surface area contributed by atoms with Crippen molar-refractivity contribution in [3.63, 3.8) is 0 Å². The van der Waals surface area contributed by atoms with Crippen LogP contribution in [-0.4, -0.2) is 40.2 Å². The Kier molecular flexibility index (Phi) is 7.19. The maximum absolute atomic E-state index is 12.9. The van der Waals surface area contributed by atoms with E-state index in [1.165, 1.54) is 28.0 Å². The molecule has 0 aliphatic heterocycles. The van der Waals surface area contributed by atoms with Gasteiger partial charge in [-0.2, -0.15) is 0 Å². The van der Waals surface area contributed by atoms with E-state index in [0.717, 1.165) is 0 Å². The van der Waals surface area contributed by atoms with Gasteiger partial charge in [0, 0.05) is 36.5 Å². The second kappa shape index (κ2) is 10.1. The maximum atomic E-state index is 12.9. The lowest BCUT2D eigenvalue weighted by molar-refractivity contribution is 0.0894. The number of nitrogens with zero attached hydrogens (tertiary/aromatic N) is 1. The number of carbonyl (C=O) groups excluding carboxylic acids is 2. The molecule has 3 N–H and O–H groups in total. The van der Waals surface area contributed by atoms with Gasteiger partial charge in [0.1, 0.15) is 0 Å². The quantitative estimate of drug-likeness (QED) is 0.477. The molecule has 7 nitrogen and oxygen atoms in total. The first-order valence-corrected chi connectivity index (χ1v) is 11.9. The second-order valence-corrected chi connectivity index (χ2v) is 9.98. The zero-order valence-corrected chi connectivity index (χ0v) is 19.7. The summed E-state index contributed by atoms with van der Waals surface area (Å²) in [6.45, 7) is -0.0318. The summed E-state index contributed by atoms with van der Waals surface area (Å²) in [5, 5.41) is 15.8. The van der Waals surface area contributed by atoms with Gasteiger partial charge in [-0.1, -0.05) is 29.3 Å². The van der Waals surface area contributed by atoms with Crippen LogP contribution < -0.4 is 16.2 Å². The minimum atomic E-state index is -0.357. The Bertz CT molecular complexity index is 1240. The van der Waals surface area contributed by atoms with Crippen LogP contribution in [0.1, 0.15) is 32.9 Å². The van der Waals surface area contributed by atoms with Gasteiger partial charge in [0.2, 0.25) is 0 Å². The number of pyridine rings is 1. The molecular formula is C23H21Cl2N3O4S. The normalized spacial score (nSPS) is 19.9. The molecule has 1 aliphatic carbocycles. The van der Waals surface area contributed by atoms with Crippen LogP contribution in [0, 0.1) is 5.92 Å². The number of aliphatic hydroxyl groups is 1. The Hall–Kier alpha value is -2.65. The molecule has 2 unspecified atom stereocenters. The van der Waals surface area contributed by atoms with Crippen molar-refractivity contribution in [3.8, 4) is 5.69 Å². The number of hydrogen-bond donors (Lipinski definition) is 3. The number of carbonyl (C=O) groups is 2. The summed E-state index contributed by atoms with van der Waals surface area (Å²) in [5.41, 5.74) is 0.568. The number of benzene rings is 1. The van der Waals surface area contributed by atoms with Crippen LogP contribution in [-0.2, 0) is 0 Å². The maximum Gasteiger partial charge on any atom is 0.261 e. The minimum absolute atomic E-state index is 0.0318. The SMILES string of the molecule is O=C(NC1CC(CO)C[C@H]1NC(=O)c1ccc(Cl)s1)c1ccc(-n2ccccc2=O)c(Cl)c1. The van der Waals surface area contributed by atoms with Crippen LogP contribution in [0.2, 0.25) is 9.36 Å². The number of rotatable bonds is 6. The fourth-order valence-corrected chi connectivity index (χ4v) is 5.23. The van der Waals surface area contributed by atoms with E-state index in [-0.39, 0.29) is 47.0 Å². The molecule has 33 heavy (non-hydrogen) atoms. The van der Waals surface area contributed by atoms with Crippen molar-refractivity contribution in [1.82, 2.24) is 15.2 Å². The third-order valence-corrected chi connectivity index (χ3v) is 7.17. The lowest BCUT2D eigenvalue weighted by Gasteiger charge is -2.22. The van der Waals surface area contributed by atoms with Crippen LogP contribution in [0.5, 0.6) is 0 Å². The van der Waals surface area contributed by atoms with Gasteiger partial charge >= 0.3 is 0 Å². The average molecular weight is 506 g/mol. The number of aromatic nitrogens is 1. The predicted molar refractivity (Wildman–Crippen MR) is 129 cm³/mol. The molecule has 1 aliphatic rings. The Balaban J connectivity index is 1.48. The van der Waals surface area contributed by atoms with Crippen LogP contribution in [0.4, 0.5) is 0 Å². The third-order valence-electron chi connectivity index (χ3n) is 5.64. The predicted octanol–water partition coefficient (Wildman–Crippen LogP) is 3.51. The van der Waals surface area contributed by atoms with E-state index in [0.29, 0.717) is 33.3 Å². The largest absolute Gasteiger partial charge is 0.396 e. The molecule has 2 amide bonds. The van der Waals surface area contributed by atoms with Crippen molar-refractivity contribution in [2.24, 2.45) is 5.92 Å². The van der Waals surface area contributed by atoms with Crippen molar-refractivity contribution in [1.29, 1.82) is 0 Å². The molecule has 1 aromatic carbocycles. The molecule has 2 aromatic heterocycles. The first kappa shape index (κ1) is 23.5. The lowest BCUT2D eigenvalue weighted by atomic mass is 10.1. The number of nitrogens with one attached hydrogen (secondary N) is 2. The highest BCUT2D eigenvalue weighted by molar-refractivity contribution is 7.18. The van der Waals surface area contributed by atoms with Gasteiger partial charge in [-0.25, -0.2) is 0 Å². The fraction of sp³-hybridized carbons (Fsp3) is 0.261. The summed E-state index contributed by atoms with van der Waals surface area (Å²) >= 11 is 13.5. The Morgan fingerprint density at radius 1 is 1.03 bits per heavy atom. The molecular weight excluding hydrogens is 485 g/mol. The number of halogens is 2. The van der Waals surface area contributed by atoms with Gasteiger partial charge in [0.15, 0.2) is 0 Å². The standard InChI is InChI=1S/C23H21Cl2N3O4S/c24-15-11-14(4-5-18(15)28-8-2-1-3-21(28)30)22(31)26-16-9-13(12-29)10-17(16)27-23(32)19-6-7-20(25)33-19/h1-8,11,13,16-17,29H,9-10,12H2,(H,26,31)(H,27,32)/t13?,16?,17-/m1/s1. The van der Waals surface area contributed by atoms with E-state index in [1.807, 2.05) is 0 Å². The highest BCUT2D eigenvalue weighted by atomic mass is 35.5. The van der Waals surface area contributed by atoms with Gasteiger partial charge in [-0.15, -0.1) is 11.3 Å². The van der Waals surface area contributed by atoms with Crippen molar-refractivity contribution >= 4 is 46.4 Å². The van der Waals surface area contributed by atoms with Crippen LogP contribution in [0.3, 0.4) is 0 Å². The molecule has 3 aromatic rings. The topological polar surface area (TPSA) is 100 Å². The molecule has 4 rings (SSSR count). The molecule has 0 saturated heterocycles. The van der Waals surface area contributed by atoms with E-state index < -0.39 is 0 Å². The Morgan fingerprint density at radius 2 is 1.76 bits per heavy atom. The van der Waals surface area contributed by atoms with Gasteiger partial charge in [-0.05, 0) is 55.2 Å². The monoisotopic (exact) mass is 505 g/mol. The second-order valence-electron chi connectivity index (χ2n) is 7.86. The molecule has 10 heteroatoms. The molecule has 0 radical (unpaired) electrons. The number of amides is 2. The van der Waals surface area contributed by atoms with Crippen molar-refractivity contribution in [2.45, 2.75) is 24.9 Å². The van der Waals surface area contributed by atoms with E-state index in [1.54, 1.807) is 42.6 Å². The molecule has 1 saturated carbocycles. The Morgan fingerprint density at radius 3 is 2.36 bits per heavy atom. The van der Waals surface area contributed by atoms with E-state index >= 15 is 0 Å². The van der Waals surface area contributed by atoms with Crippen molar-refractivity contribution < 1.29 is 14.7 Å².